The zero-order chi connectivity index (χ0) is 16.9. The largest absolute Gasteiger partial charge is 0.476 e. The number of nitrogens with zero attached hydrogens (tertiary/aromatic N) is 2. The molecule has 4 rings (SSSR count). The lowest BCUT2D eigenvalue weighted by Crippen LogP contribution is -2.49. The second-order valence-corrected chi connectivity index (χ2v) is 8.46. The highest BCUT2D eigenvalue weighted by Gasteiger charge is 2.49. The molecule has 0 radical (unpaired) electrons. The molecule has 1 saturated carbocycles. The van der Waals surface area contributed by atoms with Crippen molar-refractivity contribution in [2.24, 2.45) is 0 Å². The van der Waals surface area contributed by atoms with Gasteiger partial charge in [-0.15, -0.1) is 0 Å². The van der Waals surface area contributed by atoms with Crippen LogP contribution in [-0.4, -0.2) is 62.9 Å². The predicted molar refractivity (Wildman–Crippen MR) is 83.6 cm³/mol. The lowest BCUT2D eigenvalue weighted by molar-refractivity contribution is 0.0530. The van der Waals surface area contributed by atoms with Gasteiger partial charge in [-0.3, -0.25) is 4.90 Å². The number of ether oxygens (including phenoxy) is 2. The predicted octanol–water partition coefficient (Wildman–Crippen LogP) is 0.626. The number of hydrogen-bond donors (Lipinski definition) is 1. The molecule has 0 atom stereocenters. The van der Waals surface area contributed by atoms with Crippen LogP contribution < -0.4 is 14.2 Å². The molecule has 1 aromatic heterocycles. The summed E-state index contributed by atoms with van der Waals surface area (Å²) in [7, 11) is -3.63. The van der Waals surface area contributed by atoms with Crippen LogP contribution in [0.15, 0.2) is 11.0 Å². The molecule has 1 aliphatic carbocycles. The Balaban J connectivity index is 1.53. The van der Waals surface area contributed by atoms with Crippen molar-refractivity contribution in [3.8, 4) is 11.8 Å². The van der Waals surface area contributed by atoms with E-state index in [-0.39, 0.29) is 17.3 Å². The zero-order valence-corrected chi connectivity index (χ0v) is 14.2. The summed E-state index contributed by atoms with van der Waals surface area (Å²) < 4.78 is 51.6. The summed E-state index contributed by atoms with van der Waals surface area (Å²) in [6, 6.07) is 1.53. The van der Waals surface area contributed by atoms with Crippen LogP contribution in [0.3, 0.4) is 0 Å². The second-order valence-electron chi connectivity index (χ2n) is 6.73. The van der Waals surface area contributed by atoms with Gasteiger partial charge in [0.1, 0.15) is 23.3 Å². The van der Waals surface area contributed by atoms with Gasteiger partial charge < -0.3 is 9.47 Å². The monoisotopic (exact) mass is 357 g/mol. The molecular weight excluding hydrogens is 337 g/mol. The Morgan fingerprint density at radius 2 is 2.25 bits per heavy atom. The molecule has 1 saturated heterocycles. The number of hydrogen-bond acceptors (Lipinski definition) is 6. The van der Waals surface area contributed by atoms with Crippen LogP contribution in [0.2, 0.25) is 0 Å². The normalized spacial score (nSPS) is 24.6. The maximum atomic E-state index is 12.8. The number of likely N-dealkylation sites (tertiary alicyclic amines) is 1. The number of sulfonamides is 1. The summed E-state index contributed by atoms with van der Waals surface area (Å²) in [5.74, 6) is 0.463. The van der Waals surface area contributed by atoms with E-state index in [9.17, 15) is 12.8 Å². The molecule has 1 spiro atoms. The third-order valence-corrected chi connectivity index (χ3v) is 6.05. The standard InChI is InChI=1S/C15H20FN3O4S/c1-10-6-12-14(23-15(2-3-15)9-17-24(12,20)21)18-13(10)22-5-4-19-7-11(16)8-19/h6,11,17H,2-5,7-9H2,1H3. The highest BCUT2D eigenvalue weighted by Crippen LogP contribution is 2.43. The maximum absolute atomic E-state index is 12.8. The van der Waals surface area contributed by atoms with Crippen LogP contribution in [0, 0.1) is 6.92 Å². The van der Waals surface area contributed by atoms with Crippen LogP contribution in [0.1, 0.15) is 18.4 Å². The van der Waals surface area contributed by atoms with Crippen molar-refractivity contribution in [1.29, 1.82) is 0 Å². The molecular formula is C15H20FN3O4S. The minimum Gasteiger partial charge on any atom is -0.476 e. The summed E-state index contributed by atoms with van der Waals surface area (Å²) in [4.78, 5) is 6.31. The molecule has 7 nitrogen and oxygen atoms in total. The van der Waals surface area contributed by atoms with Crippen LogP contribution in [0.4, 0.5) is 4.39 Å². The van der Waals surface area contributed by atoms with E-state index in [0.717, 1.165) is 12.8 Å². The van der Waals surface area contributed by atoms with Crippen LogP contribution in [0.5, 0.6) is 11.8 Å². The van der Waals surface area contributed by atoms with Crippen LogP contribution in [0.25, 0.3) is 0 Å². The van der Waals surface area contributed by atoms with Crippen molar-refractivity contribution < 1.29 is 22.3 Å². The lowest BCUT2D eigenvalue weighted by atomic mass is 10.2. The number of aromatic nitrogens is 1. The molecule has 0 aromatic carbocycles. The summed E-state index contributed by atoms with van der Waals surface area (Å²) >= 11 is 0. The average Bonchev–Trinajstić information content (AvgIpc) is 3.27. The van der Waals surface area contributed by atoms with Crippen molar-refractivity contribution in [1.82, 2.24) is 14.6 Å². The third kappa shape index (κ3) is 2.96. The van der Waals surface area contributed by atoms with E-state index in [1.165, 1.54) is 6.07 Å². The SMILES string of the molecule is Cc1cc2c(nc1OCCN1CC(F)C1)OC1(CC1)CNS2(=O)=O. The van der Waals surface area contributed by atoms with Crippen LogP contribution >= 0.6 is 0 Å². The first-order valence-electron chi connectivity index (χ1n) is 8.06. The van der Waals surface area contributed by atoms with Crippen molar-refractivity contribution >= 4 is 10.0 Å². The van der Waals surface area contributed by atoms with Crippen molar-refractivity contribution in [3.63, 3.8) is 0 Å². The Kier molecular flexibility index (Phi) is 3.70. The van der Waals surface area contributed by atoms with Gasteiger partial charge >= 0.3 is 0 Å². The molecule has 1 N–H and O–H groups in total. The molecule has 9 heteroatoms. The number of rotatable bonds is 4. The zero-order valence-electron chi connectivity index (χ0n) is 13.4. The van der Waals surface area contributed by atoms with E-state index in [1.54, 1.807) is 6.92 Å². The minimum atomic E-state index is -3.63. The Morgan fingerprint density at radius 3 is 2.92 bits per heavy atom. The first-order valence-corrected chi connectivity index (χ1v) is 9.55. The Morgan fingerprint density at radius 1 is 1.50 bits per heavy atom. The number of nitrogens with one attached hydrogen (secondary N) is 1. The van der Waals surface area contributed by atoms with Gasteiger partial charge in [0.2, 0.25) is 21.8 Å². The van der Waals surface area contributed by atoms with E-state index < -0.39 is 21.8 Å². The van der Waals surface area contributed by atoms with Crippen molar-refractivity contribution in [2.75, 3.05) is 32.8 Å². The second kappa shape index (κ2) is 5.53. The van der Waals surface area contributed by atoms with Gasteiger partial charge in [0.15, 0.2) is 0 Å². The Hall–Kier alpha value is -1.45. The van der Waals surface area contributed by atoms with E-state index in [2.05, 4.69) is 9.71 Å². The summed E-state index contributed by atoms with van der Waals surface area (Å²) in [6.45, 7) is 3.88. The quantitative estimate of drug-likeness (QED) is 0.851. The number of alkyl halides is 1. The van der Waals surface area contributed by atoms with Crippen molar-refractivity contribution in [3.05, 3.63) is 11.6 Å². The van der Waals surface area contributed by atoms with E-state index in [4.69, 9.17) is 9.47 Å². The number of pyridine rings is 1. The molecule has 3 aliphatic rings. The summed E-state index contributed by atoms with van der Waals surface area (Å²) in [5, 5.41) is 0. The van der Waals surface area contributed by atoms with Gasteiger partial charge in [-0.1, -0.05) is 0 Å². The van der Waals surface area contributed by atoms with Gasteiger partial charge in [0.05, 0.1) is 6.54 Å². The average molecular weight is 357 g/mol. The van der Waals surface area contributed by atoms with E-state index in [1.807, 2.05) is 4.90 Å². The fourth-order valence-corrected chi connectivity index (χ4v) is 4.15. The Bertz CT molecular complexity index is 760. The first kappa shape index (κ1) is 16.0. The summed E-state index contributed by atoms with van der Waals surface area (Å²) in [5.41, 5.74) is 0.160. The Labute approximate surface area is 140 Å². The molecule has 0 unspecified atom stereocenters. The first-order chi connectivity index (χ1) is 11.4. The van der Waals surface area contributed by atoms with E-state index >= 15 is 0 Å². The maximum Gasteiger partial charge on any atom is 0.246 e. The fraction of sp³-hybridized carbons (Fsp3) is 0.667. The number of fused-ring (bicyclic) bond motifs is 1. The molecule has 24 heavy (non-hydrogen) atoms. The molecule has 1 aromatic rings. The van der Waals surface area contributed by atoms with Gasteiger partial charge in [-0.2, -0.15) is 4.98 Å². The third-order valence-electron chi connectivity index (χ3n) is 4.65. The van der Waals surface area contributed by atoms with E-state index in [0.29, 0.717) is 37.7 Å². The highest BCUT2D eigenvalue weighted by molar-refractivity contribution is 7.89. The highest BCUT2D eigenvalue weighted by atomic mass is 32.2. The molecule has 3 heterocycles. The lowest BCUT2D eigenvalue weighted by Gasteiger charge is -2.33. The van der Waals surface area contributed by atoms with Gasteiger partial charge in [0.25, 0.3) is 0 Å². The molecule has 2 aliphatic heterocycles. The number of halogens is 1. The van der Waals surface area contributed by atoms with Crippen LogP contribution in [-0.2, 0) is 10.0 Å². The smallest absolute Gasteiger partial charge is 0.246 e. The summed E-state index contributed by atoms with van der Waals surface area (Å²) in [6.07, 6.45) is 0.873. The van der Waals surface area contributed by atoms with Gasteiger partial charge in [-0.05, 0) is 25.8 Å². The molecule has 0 amide bonds. The fourth-order valence-electron chi connectivity index (χ4n) is 2.89. The van der Waals surface area contributed by atoms with Gasteiger partial charge in [0, 0.05) is 25.2 Å². The minimum absolute atomic E-state index is 0.0548. The topological polar surface area (TPSA) is 80.8 Å². The molecule has 2 fully saturated rings. The van der Waals surface area contributed by atoms with Crippen molar-refractivity contribution in [2.45, 2.75) is 36.4 Å². The number of aryl methyl sites for hydroxylation is 1. The van der Waals surface area contributed by atoms with Gasteiger partial charge in [-0.25, -0.2) is 17.5 Å². The molecule has 132 valence electrons. The molecule has 0 bridgehead atoms.